The lowest BCUT2D eigenvalue weighted by Gasteiger charge is -2.16. The van der Waals surface area contributed by atoms with Crippen LogP contribution in [0.1, 0.15) is 110 Å². The molecule has 0 saturated carbocycles. The van der Waals surface area contributed by atoms with E-state index in [0.717, 1.165) is 70.6 Å². The molecule has 3 atom stereocenters. The average molecular weight is 409 g/mol. The molecule has 29 heavy (non-hydrogen) atoms. The number of carboxylic acids is 1. The topological polar surface area (TPSA) is 77.8 Å². The Balaban J connectivity index is 2.65. The van der Waals surface area contributed by atoms with E-state index in [-0.39, 0.29) is 18.4 Å². The van der Waals surface area contributed by atoms with E-state index in [0.29, 0.717) is 0 Å². The molecule has 0 saturated heterocycles. The number of carbonyl (C=O) groups is 1. The Morgan fingerprint density at radius 3 is 2.34 bits per heavy atom. The fourth-order valence-electron chi connectivity index (χ4n) is 4.31. The van der Waals surface area contributed by atoms with Gasteiger partial charge < -0.3 is 15.3 Å². The number of rotatable bonds is 17. The van der Waals surface area contributed by atoms with Crippen molar-refractivity contribution >= 4 is 5.97 Å². The molecule has 4 heteroatoms. The third-order valence-corrected chi connectivity index (χ3v) is 6.04. The van der Waals surface area contributed by atoms with Crippen molar-refractivity contribution < 1.29 is 20.1 Å². The third kappa shape index (κ3) is 11.0. The van der Waals surface area contributed by atoms with Gasteiger partial charge in [0.15, 0.2) is 0 Å². The molecule has 0 aromatic heterocycles. The van der Waals surface area contributed by atoms with Crippen LogP contribution in [0, 0.1) is 5.92 Å². The third-order valence-electron chi connectivity index (χ3n) is 6.04. The molecule has 0 aromatic rings. The van der Waals surface area contributed by atoms with Gasteiger partial charge in [0, 0.05) is 12.3 Å². The molecule has 0 heterocycles. The van der Waals surface area contributed by atoms with Crippen LogP contribution < -0.4 is 0 Å². The summed E-state index contributed by atoms with van der Waals surface area (Å²) in [6, 6.07) is 0. The van der Waals surface area contributed by atoms with Crippen molar-refractivity contribution in [2.45, 2.75) is 122 Å². The molecule has 168 valence electrons. The first-order valence-corrected chi connectivity index (χ1v) is 12.0. The van der Waals surface area contributed by atoms with E-state index in [4.69, 9.17) is 5.11 Å². The molecule has 1 rings (SSSR count). The van der Waals surface area contributed by atoms with Crippen LogP contribution in [0.15, 0.2) is 23.3 Å². The Labute approximate surface area is 178 Å². The van der Waals surface area contributed by atoms with E-state index < -0.39 is 12.1 Å². The summed E-state index contributed by atoms with van der Waals surface area (Å²) in [5.74, 6) is -0.681. The van der Waals surface area contributed by atoms with E-state index in [2.05, 4.69) is 13.8 Å². The lowest BCUT2D eigenvalue weighted by Crippen LogP contribution is -2.15. The highest BCUT2D eigenvalue weighted by molar-refractivity contribution is 5.66. The van der Waals surface area contributed by atoms with Gasteiger partial charge >= 0.3 is 5.97 Å². The van der Waals surface area contributed by atoms with E-state index in [1.54, 1.807) is 0 Å². The van der Waals surface area contributed by atoms with Crippen molar-refractivity contribution in [2.75, 3.05) is 0 Å². The van der Waals surface area contributed by atoms with Gasteiger partial charge in [0.25, 0.3) is 0 Å². The minimum absolute atomic E-state index is 0.0338. The summed E-state index contributed by atoms with van der Waals surface area (Å²) in [5.41, 5.74) is 2.80. The van der Waals surface area contributed by atoms with Gasteiger partial charge in [0.2, 0.25) is 0 Å². The molecule has 0 spiro atoms. The lowest BCUT2D eigenvalue weighted by molar-refractivity contribution is -0.137. The van der Waals surface area contributed by atoms with E-state index >= 15 is 0 Å². The summed E-state index contributed by atoms with van der Waals surface area (Å²) in [4.78, 5) is 10.6. The Morgan fingerprint density at radius 2 is 1.66 bits per heavy atom. The van der Waals surface area contributed by atoms with Gasteiger partial charge in [0.05, 0.1) is 12.2 Å². The summed E-state index contributed by atoms with van der Waals surface area (Å²) < 4.78 is 0. The van der Waals surface area contributed by atoms with Crippen molar-refractivity contribution in [3.8, 4) is 0 Å². The fourth-order valence-corrected chi connectivity index (χ4v) is 4.31. The standard InChI is InChI=1S/C25H44O4/c1-3-5-9-13-20-19-24(27)23(18-17-21(26)14-10-6-4-2)22(20)15-11-7-8-12-16-25(28)29/h17-18,21,23-24,26-27H,3-16,19H2,1-2H3,(H,28,29)/b18-17+/t21-,23+,24+/m0/s1. The number of aliphatic hydroxyl groups is 2. The molecule has 1 aliphatic carbocycles. The molecule has 0 radical (unpaired) electrons. The molecule has 0 amide bonds. The van der Waals surface area contributed by atoms with Gasteiger partial charge in [-0.3, -0.25) is 4.79 Å². The Morgan fingerprint density at radius 1 is 1.00 bits per heavy atom. The average Bonchev–Trinajstić information content (AvgIpc) is 2.97. The van der Waals surface area contributed by atoms with Crippen molar-refractivity contribution in [3.63, 3.8) is 0 Å². The van der Waals surface area contributed by atoms with Crippen LogP contribution in [-0.2, 0) is 4.79 Å². The van der Waals surface area contributed by atoms with Crippen LogP contribution >= 0.6 is 0 Å². The first-order valence-electron chi connectivity index (χ1n) is 12.0. The lowest BCUT2D eigenvalue weighted by atomic mass is 9.91. The zero-order valence-electron chi connectivity index (χ0n) is 18.7. The SMILES string of the molecule is CCCCCC1=C(CCCCCCC(=O)O)[C@@H](/C=C/[C@@H](O)CCCCC)[C@H](O)C1. The maximum absolute atomic E-state index is 10.7. The largest absolute Gasteiger partial charge is 0.481 e. The van der Waals surface area contributed by atoms with Gasteiger partial charge in [-0.25, -0.2) is 0 Å². The van der Waals surface area contributed by atoms with E-state index in [1.165, 1.54) is 30.4 Å². The monoisotopic (exact) mass is 408 g/mol. The zero-order valence-corrected chi connectivity index (χ0v) is 18.7. The van der Waals surface area contributed by atoms with Crippen molar-refractivity contribution in [1.82, 2.24) is 0 Å². The second-order valence-corrected chi connectivity index (χ2v) is 8.64. The van der Waals surface area contributed by atoms with Gasteiger partial charge in [-0.1, -0.05) is 82.1 Å². The number of hydrogen-bond acceptors (Lipinski definition) is 3. The summed E-state index contributed by atoms with van der Waals surface area (Å²) in [7, 11) is 0. The molecule has 0 aliphatic heterocycles. The van der Waals surface area contributed by atoms with Gasteiger partial charge in [-0.2, -0.15) is 0 Å². The number of carboxylic acid groups (broad SMARTS) is 1. The molecule has 0 fully saturated rings. The maximum atomic E-state index is 10.7. The van der Waals surface area contributed by atoms with E-state index in [1.807, 2.05) is 12.2 Å². The highest BCUT2D eigenvalue weighted by Crippen LogP contribution is 2.39. The Bertz CT molecular complexity index is 509. The number of unbranched alkanes of at least 4 members (excludes halogenated alkanes) is 7. The van der Waals surface area contributed by atoms with Crippen LogP contribution in [-0.4, -0.2) is 33.5 Å². The summed E-state index contributed by atoms with van der Waals surface area (Å²) >= 11 is 0. The first-order chi connectivity index (χ1) is 14.0. The van der Waals surface area contributed by atoms with Crippen LogP contribution in [0.3, 0.4) is 0 Å². The maximum Gasteiger partial charge on any atom is 0.303 e. The van der Waals surface area contributed by atoms with Crippen molar-refractivity contribution in [1.29, 1.82) is 0 Å². The molecule has 0 bridgehead atoms. The van der Waals surface area contributed by atoms with Gasteiger partial charge in [0.1, 0.15) is 0 Å². The number of aliphatic hydroxyl groups excluding tert-OH is 2. The minimum Gasteiger partial charge on any atom is -0.481 e. The fraction of sp³-hybridized carbons (Fsp3) is 0.800. The second-order valence-electron chi connectivity index (χ2n) is 8.64. The first kappa shape index (κ1) is 25.9. The second kappa shape index (κ2) is 15.7. The Hall–Kier alpha value is -1.13. The quantitative estimate of drug-likeness (QED) is 0.199. The molecule has 3 N–H and O–H groups in total. The summed E-state index contributed by atoms with van der Waals surface area (Å²) in [5, 5.41) is 29.7. The molecular weight excluding hydrogens is 364 g/mol. The number of aliphatic carboxylic acids is 1. The summed E-state index contributed by atoms with van der Waals surface area (Å²) in [6.07, 6.45) is 17.7. The van der Waals surface area contributed by atoms with Crippen LogP contribution in [0.2, 0.25) is 0 Å². The van der Waals surface area contributed by atoms with Gasteiger partial charge in [-0.05, 0) is 44.9 Å². The minimum atomic E-state index is -0.715. The van der Waals surface area contributed by atoms with Crippen LogP contribution in [0.4, 0.5) is 0 Å². The molecular formula is C25H44O4. The highest BCUT2D eigenvalue weighted by Gasteiger charge is 2.30. The molecule has 4 nitrogen and oxygen atoms in total. The van der Waals surface area contributed by atoms with Crippen molar-refractivity contribution in [2.24, 2.45) is 5.92 Å². The van der Waals surface area contributed by atoms with Crippen LogP contribution in [0.25, 0.3) is 0 Å². The predicted octanol–water partition coefficient (Wildman–Crippen LogP) is 6.17. The van der Waals surface area contributed by atoms with Crippen molar-refractivity contribution in [3.05, 3.63) is 23.3 Å². The smallest absolute Gasteiger partial charge is 0.303 e. The molecule has 0 unspecified atom stereocenters. The zero-order chi connectivity index (χ0) is 21.5. The summed E-state index contributed by atoms with van der Waals surface area (Å²) in [6.45, 7) is 4.37. The van der Waals surface area contributed by atoms with E-state index in [9.17, 15) is 15.0 Å². The molecule has 1 aliphatic rings. The van der Waals surface area contributed by atoms with Crippen LogP contribution in [0.5, 0.6) is 0 Å². The predicted molar refractivity (Wildman–Crippen MR) is 120 cm³/mol. The number of hydrogen-bond donors (Lipinski definition) is 3. The molecule has 0 aromatic carbocycles. The highest BCUT2D eigenvalue weighted by atomic mass is 16.4. The normalized spacial score (nSPS) is 20.7. The van der Waals surface area contributed by atoms with Gasteiger partial charge in [-0.15, -0.1) is 0 Å². The Kier molecular flexibility index (Phi) is 14.0.